The minimum atomic E-state index is -0.975. The van der Waals surface area contributed by atoms with Gasteiger partial charge in [0, 0.05) is 6.04 Å². The van der Waals surface area contributed by atoms with Crippen LogP contribution in [0, 0.1) is 17.3 Å². The summed E-state index contributed by atoms with van der Waals surface area (Å²) in [6.07, 6.45) is 3.27. The summed E-state index contributed by atoms with van der Waals surface area (Å²) in [7, 11) is 0. The summed E-state index contributed by atoms with van der Waals surface area (Å²) in [6.45, 7) is 7.73. The fraction of sp³-hybridized carbons (Fsp3) is 0.846. The van der Waals surface area contributed by atoms with E-state index < -0.39 is 5.41 Å². The predicted molar refractivity (Wildman–Crippen MR) is 71.3 cm³/mol. The van der Waals surface area contributed by atoms with Crippen LogP contribution in [0.5, 0.6) is 0 Å². The monoisotopic (exact) mass is 255 g/mol. The highest BCUT2D eigenvalue weighted by molar-refractivity contribution is 6.05. The Balaban J connectivity index is 2.65. The molecule has 104 valence electrons. The minimum absolute atomic E-state index is 0.0585. The number of oxime groups is 1. The molecule has 0 aliphatic heterocycles. The molecule has 1 amide bonds. The van der Waals surface area contributed by atoms with Gasteiger partial charge in [0.1, 0.15) is 5.41 Å². The number of carbonyl (C=O) groups excluding carboxylic acids is 1. The van der Waals surface area contributed by atoms with E-state index in [0.717, 1.165) is 25.2 Å². The van der Waals surface area contributed by atoms with Crippen molar-refractivity contribution < 1.29 is 10.0 Å². The van der Waals surface area contributed by atoms with Crippen LogP contribution in [0.1, 0.15) is 47.0 Å². The molecule has 0 bridgehead atoms. The molecule has 5 nitrogen and oxygen atoms in total. The average molecular weight is 255 g/mol. The van der Waals surface area contributed by atoms with Gasteiger partial charge in [-0.3, -0.25) is 4.79 Å². The Labute approximate surface area is 109 Å². The van der Waals surface area contributed by atoms with Gasteiger partial charge < -0.3 is 16.3 Å². The van der Waals surface area contributed by atoms with Gasteiger partial charge in [0.15, 0.2) is 5.84 Å². The fourth-order valence-electron chi connectivity index (χ4n) is 2.47. The van der Waals surface area contributed by atoms with Gasteiger partial charge in [-0.15, -0.1) is 0 Å². The van der Waals surface area contributed by atoms with E-state index in [4.69, 9.17) is 10.9 Å². The molecular formula is C13H25N3O2. The minimum Gasteiger partial charge on any atom is -0.409 e. The third-order valence-electron chi connectivity index (χ3n) is 4.06. The molecule has 4 N–H and O–H groups in total. The van der Waals surface area contributed by atoms with Crippen LogP contribution in [0.4, 0.5) is 0 Å². The Hall–Kier alpha value is -1.26. The lowest BCUT2D eigenvalue weighted by molar-refractivity contribution is -0.127. The smallest absolute Gasteiger partial charge is 0.233 e. The van der Waals surface area contributed by atoms with Crippen LogP contribution in [-0.4, -0.2) is 23.0 Å². The van der Waals surface area contributed by atoms with E-state index in [-0.39, 0.29) is 17.8 Å². The molecule has 5 heteroatoms. The zero-order valence-electron chi connectivity index (χ0n) is 11.7. The number of rotatable bonds is 3. The highest BCUT2D eigenvalue weighted by Crippen LogP contribution is 2.29. The molecule has 1 saturated carbocycles. The van der Waals surface area contributed by atoms with Crippen LogP contribution in [0.3, 0.4) is 0 Å². The number of nitrogens with one attached hydrogen (secondary N) is 1. The van der Waals surface area contributed by atoms with E-state index in [1.807, 2.05) is 0 Å². The summed E-state index contributed by atoms with van der Waals surface area (Å²) >= 11 is 0. The van der Waals surface area contributed by atoms with Crippen molar-refractivity contribution in [3.8, 4) is 0 Å². The molecule has 0 spiro atoms. The molecule has 0 saturated heterocycles. The number of hydrogen-bond donors (Lipinski definition) is 3. The third kappa shape index (κ3) is 3.15. The topological polar surface area (TPSA) is 87.7 Å². The van der Waals surface area contributed by atoms with Crippen LogP contribution >= 0.6 is 0 Å². The predicted octanol–water partition coefficient (Wildman–Crippen LogP) is 1.70. The van der Waals surface area contributed by atoms with E-state index in [9.17, 15) is 4.79 Å². The molecule has 3 unspecified atom stereocenters. The van der Waals surface area contributed by atoms with Gasteiger partial charge in [0.25, 0.3) is 0 Å². The molecule has 1 rings (SSSR count). The van der Waals surface area contributed by atoms with E-state index in [1.165, 1.54) is 0 Å². The standard InChI is InChI=1S/C13H25N3O2/c1-8-5-6-10(9(2)7-8)15-12(17)13(3,4)11(14)16-18/h8-10,18H,5-7H2,1-4H3,(H2,14,16)(H,15,17). The van der Waals surface area contributed by atoms with Gasteiger partial charge in [-0.2, -0.15) is 0 Å². The van der Waals surface area contributed by atoms with Crippen LogP contribution < -0.4 is 11.1 Å². The van der Waals surface area contributed by atoms with Crippen LogP contribution in [0.2, 0.25) is 0 Å². The average Bonchev–Trinajstić information content (AvgIpc) is 2.31. The number of amides is 1. The maximum absolute atomic E-state index is 12.2. The van der Waals surface area contributed by atoms with E-state index >= 15 is 0 Å². The molecule has 0 heterocycles. The number of carbonyl (C=O) groups is 1. The Kier molecular flexibility index (Phi) is 4.59. The van der Waals surface area contributed by atoms with Crippen molar-refractivity contribution in [1.29, 1.82) is 0 Å². The molecule has 18 heavy (non-hydrogen) atoms. The second-order valence-electron chi connectivity index (χ2n) is 6.09. The highest BCUT2D eigenvalue weighted by Gasteiger charge is 2.36. The van der Waals surface area contributed by atoms with Gasteiger partial charge in [-0.1, -0.05) is 19.0 Å². The maximum atomic E-state index is 12.2. The van der Waals surface area contributed by atoms with Crippen LogP contribution in [0.15, 0.2) is 5.16 Å². The summed E-state index contributed by atoms with van der Waals surface area (Å²) in [5.41, 5.74) is 4.58. The van der Waals surface area contributed by atoms with Crippen molar-refractivity contribution in [2.75, 3.05) is 0 Å². The lowest BCUT2D eigenvalue weighted by atomic mass is 9.79. The molecule has 1 aliphatic rings. The summed E-state index contributed by atoms with van der Waals surface area (Å²) < 4.78 is 0. The largest absolute Gasteiger partial charge is 0.409 e. The molecule has 1 fully saturated rings. The van der Waals surface area contributed by atoms with Gasteiger partial charge in [-0.25, -0.2) is 0 Å². The Morgan fingerprint density at radius 3 is 2.50 bits per heavy atom. The van der Waals surface area contributed by atoms with E-state index in [2.05, 4.69) is 24.3 Å². The molecule has 0 aromatic heterocycles. The second-order valence-corrected chi connectivity index (χ2v) is 6.09. The van der Waals surface area contributed by atoms with Gasteiger partial charge in [-0.05, 0) is 44.9 Å². The molecule has 0 radical (unpaired) electrons. The van der Waals surface area contributed by atoms with E-state index in [0.29, 0.717) is 5.92 Å². The summed E-state index contributed by atoms with van der Waals surface area (Å²) in [5.74, 6) is 0.965. The lowest BCUT2D eigenvalue weighted by Crippen LogP contribution is -2.51. The number of nitrogens with zero attached hydrogens (tertiary/aromatic N) is 1. The van der Waals surface area contributed by atoms with Crippen LogP contribution in [-0.2, 0) is 4.79 Å². The first-order chi connectivity index (χ1) is 8.28. The Morgan fingerprint density at radius 2 is 2.00 bits per heavy atom. The first kappa shape index (κ1) is 14.8. The lowest BCUT2D eigenvalue weighted by Gasteiger charge is -2.35. The van der Waals surface area contributed by atoms with Crippen molar-refractivity contribution in [2.24, 2.45) is 28.1 Å². The van der Waals surface area contributed by atoms with Crippen molar-refractivity contribution >= 4 is 11.7 Å². The van der Waals surface area contributed by atoms with Gasteiger partial charge in [0.05, 0.1) is 0 Å². The zero-order chi connectivity index (χ0) is 13.9. The molecular weight excluding hydrogens is 230 g/mol. The Morgan fingerprint density at radius 1 is 1.39 bits per heavy atom. The van der Waals surface area contributed by atoms with Crippen molar-refractivity contribution in [3.05, 3.63) is 0 Å². The normalized spacial score (nSPS) is 30.0. The van der Waals surface area contributed by atoms with E-state index in [1.54, 1.807) is 13.8 Å². The number of nitrogens with two attached hydrogens (primary N) is 1. The van der Waals surface area contributed by atoms with Crippen LogP contribution in [0.25, 0.3) is 0 Å². The Bertz CT molecular complexity index is 339. The second kappa shape index (κ2) is 5.59. The molecule has 3 atom stereocenters. The first-order valence-corrected chi connectivity index (χ1v) is 6.58. The summed E-state index contributed by atoms with van der Waals surface area (Å²) in [6, 6.07) is 0.194. The van der Waals surface area contributed by atoms with Crippen molar-refractivity contribution in [1.82, 2.24) is 5.32 Å². The summed E-state index contributed by atoms with van der Waals surface area (Å²) in [5, 5.41) is 14.7. The third-order valence-corrected chi connectivity index (χ3v) is 4.06. The maximum Gasteiger partial charge on any atom is 0.233 e. The number of amidine groups is 1. The number of hydrogen-bond acceptors (Lipinski definition) is 3. The van der Waals surface area contributed by atoms with Gasteiger partial charge in [0.2, 0.25) is 5.91 Å². The fourth-order valence-corrected chi connectivity index (χ4v) is 2.47. The summed E-state index contributed by atoms with van der Waals surface area (Å²) in [4.78, 5) is 12.2. The first-order valence-electron chi connectivity index (χ1n) is 6.58. The quantitative estimate of drug-likeness (QED) is 0.310. The highest BCUT2D eigenvalue weighted by atomic mass is 16.4. The van der Waals surface area contributed by atoms with Gasteiger partial charge >= 0.3 is 0 Å². The molecule has 1 aliphatic carbocycles. The van der Waals surface area contributed by atoms with Crippen molar-refractivity contribution in [2.45, 2.75) is 53.0 Å². The molecule has 0 aromatic carbocycles. The zero-order valence-corrected chi connectivity index (χ0v) is 11.7. The SMILES string of the molecule is CC1CCC(NC(=O)C(C)(C)C(N)=NO)C(C)C1. The molecule has 0 aromatic rings. The van der Waals surface area contributed by atoms with Crippen molar-refractivity contribution in [3.63, 3.8) is 0 Å².